The van der Waals surface area contributed by atoms with E-state index in [0.29, 0.717) is 49.6 Å². The van der Waals surface area contributed by atoms with Crippen LogP contribution in [-0.4, -0.2) is 35.0 Å². The van der Waals surface area contributed by atoms with Crippen LogP contribution >= 0.6 is 0 Å². The second-order valence-electron chi connectivity index (χ2n) is 7.35. The Labute approximate surface area is 169 Å². The highest BCUT2D eigenvalue weighted by atomic mass is 19.1. The predicted octanol–water partition coefficient (Wildman–Crippen LogP) is 3.01. The largest absolute Gasteiger partial charge is 0.354 e. The van der Waals surface area contributed by atoms with Crippen LogP contribution in [0.25, 0.3) is 11.4 Å². The van der Waals surface area contributed by atoms with Crippen LogP contribution < -0.4 is 10.6 Å². The van der Waals surface area contributed by atoms with Crippen LogP contribution in [0.4, 0.5) is 4.39 Å². The van der Waals surface area contributed by atoms with Gasteiger partial charge in [0, 0.05) is 37.4 Å². The van der Waals surface area contributed by atoms with Crippen LogP contribution in [0.5, 0.6) is 0 Å². The van der Waals surface area contributed by atoms with E-state index in [9.17, 15) is 14.0 Å². The highest BCUT2D eigenvalue weighted by Gasteiger charge is 2.20. The minimum atomic E-state index is -0.322. The first-order valence-electron chi connectivity index (χ1n) is 10.2. The summed E-state index contributed by atoms with van der Waals surface area (Å²) < 4.78 is 18.1. The van der Waals surface area contributed by atoms with Crippen molar-refractivity contribution in [1.82, 2.24) is 20.8 Å². The van der Waals surface area contributed by atoms with E-state index < -0.39 is 0 Å². The Morgan fingerprint density at radius 3 is 2.55 bits per heavy atom. The van der Waals surface area contributed by atoms with Gasteiger partial charge in [0.25, 0.3) is 0 Å². The first-order valence-corrected chi connectivity index (χ1v) is 10.2. The minimum absolute atomic E-state index is 0.0739. The molecule has 2 N–H and O–H groups in total. The van der Waals surface area contributed by atoms with Crippen molar-refractivity contribution in [3.8, 4) is 11.4 Å². The second kappa shape index (κ2) is 10.7. The van der Waals surface area contributed by atoms with Crippen LogP contribution in [-0.2, 0) is 16.0 Å². The van der Waals surface area contributed by atoms with Crippen molar-refractivity contribution < 1.29 is 18.5 Å². The second-order valence-corrected chi connectivity index (χ2v) is 7.35. The van der Waals surface area contributed by atoms with Crippen molar-refractivity contribution in [2.75, 3.05) is 13.1 Å². The molecule has 1 fully saturated rings. The summed E-state index contributed by atoms with van der Waals surface area (Å²) >= 11 is 0. The van der Waals surface area contributed by atoms with Gasteiger partial charge in [0.1, 0.15) is 5.82 Å². The molecule has 1 saturated carbocycles. The summed E-state index contributed by atoms with van der Waals surface area (Å²) in [5.41, 5.74) is 0.675. The van der Waals surface area contributed by atoms with Gasteiger partial charge in [-0.25, -0.2) is 4.39 Å². The minimum Gasteiger partial charge on any atom is -0.354 e. The van der Waals surface area contributed by atoms with E-state index in [4.69, 9.17) is 4.52 Å². The zero-order chi connectivity index (χ0) is 20.5. The van der Waals surface area contributed by atoms with E-state index in [0.717, 1.165) is 25.7 Å². The fraction of sp³-hybridized carbons (Fsp3) is 0.524. The highest BCUT2D eigenvalue weighted by molar-refractivity contribution is 5.79. The lowest BCUT2D eigenvalue weighted by Crippen LogP contribution is -2.38. The molecule has 0 radical (unpaired) electrons. The van der Waals surface area contributed by atoms with Crippen molar-refractivity contribution in [3.05, 3.63) is 36.0 Å². The fourth-order valence-electron chi connectivity index (χ4n) is 3.46. The molecule has 0 atom stereocenters. The summed E-state index contributed by atoms with van der Waals surface area (Å²) in [5, 5.41) is 9.59. The third kappa shape index (κ3) is 6.66. The number of amides is 2. The van der Waals surface area contributed by atoms with E-state index >= 15 is 0 Å². The average Bonchev–Trinajstić information content (AvgIpc) is 3.21. The Morgan fingerprint density at radius 1 is 1.07 bits per heavy atom. The molecule has 8 heteroatoms. The Balaban J connectivity index is 1.29. The topological polar surface area (TPSA) is 97.1 Å². The number of carbonyl (C=O) groups is 2. The van der Waals surface area contributed by atoms with Gasteiger partial charge in [-0.1, -0.05) is 24.4 Å². The molecule has 1 aromatic carbocycles. The standard InChI is InChI=1S/C21H27FN4O3/c22-17-11-9-15(10-12-17)20-25-19(29-26-20)8-4-7-18(27)23-13-14-24-21(28)16-5-2-1-3-6-16/h9-12,16H,1-8,13-14H2,(H,23,27)(H,24,28). The number of carbonyl (C=O) groups excluding carboxylic acids is 2. The predicted molar refractivity (Wildman–Crippen MR) is 105 cm³/mol. The van der Waals surface area contributed by atoms with Crippen molar-refractivity contribution in [2.45, 2.75) is 51.4 Å². The van der Waals surface area contributed by atoms with E-state index in [-0.39, 0.29) is 23.5 Å². The van der Waals surface area contributed by atoms with Gasteiger partial charge in [-0.05, 0) is 43.5 Å². The Kier molecular flexibility index (Phi) is 7.72. The third-order valence-corrected chi connectivity index (χ3v) is 5.09. The lowest BCUT2D eigenvalue weighted by molar-refractivity contribution is -0.126. The van der Waals surface area contributed by atoms with Crippen molar-refractivity contribution >= 4 is 11.8 Å². The zero-order valence-electron chi connectivity index (χ0n) is 16.5. The molecule has 1 heterocycles. The van der Waals surface area contributed by atoms with Gasteiger partial charge in [0.15, 0.2) is 0 Å². The molecule has 2 aromatic rings. The number of aryl methyl sites for hydroxylation is 1. The number of hydrogen-bond acceptors (Lipinski definition) is 5. The smallest absolute Gasteiger partial charge is 0.226 e. The summed E-state index contributed by atoms with van der Waals surface area (Å²) in [6, 6.07) is 5.86. The highest BCUT2D eigenvalue weighted by Crippen LogP contribution is 2.23. The van der Waals surface area contributed by atoms with Gasteiger partial charge < -0.3 is 15.2 Å². The first kappa shape index (κ1) is 21.0. The SMILES string of the molecule is O=C(CCCc1nc(-c2ccc(F)cc2)no1)NCCNC(=O)C1CCCCC1. The Morgan fingerprint density at radius 2 is 1.79 bits per heavy atom. The molecule has 1 aromatic heterocycles. The van der Waals surface area contributed by atoms with Crippen LogP contribution in [0, 0.1) is 11.7 Å². The molecular formula is C21H27FN4O3. The summed E-state index contributed by atoms with van der Waals surface area (Å²) in [5.74, 6) is 0.684. The van der Waals surface area contributed by atoms with Gasteiger partial charge in [0.05, 0.1) is 0 Å². The molecule has 3 rings (SSSR count). The van der Waals surface area contributed by atoms with E-state index in [1.165, 1.54) is 18.6 Å². The monoisotopic (exact) mass is 402 g/mol. The molecule has 1 aliphatic carbocycles. The summed E-state index contributed by atoms with van der Waals surface area (Å²) in [7, 11) is 0. The molecule has 2 amide bonds. The molecule has 0 unspecified atom stereocenters. The fourth-order valence-corrected chi connectivity index (χ4v) is 3.46. The number of nitrogens with one attached hydrogen (secondary N) is 2. The van der Waals surface area contributed by atoms with Crippen molar-refractivity contribution in [2.24, 2.45) is 5.92 Å². The van der Waals surface area contributed by atoms with Crippen LogP contribution in [0.3, 0.4) is 0 Å². The molecule has 0 aliphatic heterocycles. The molecule has 7 nitrogen and oxygen atoms in total. The summed E-state index contributed by atoms with van der Waals surface area (Å²) in [6.45, 7) is 0.873. The normalized spacial score (nSPS) is 14.5. The summed E-state index contributed by atoms with van der Waals surface area (Å²) in [6.07, 6.45) is 6.81. The summed E-state index contributed by atoms with van der Waals surface area (Å²) in [4.78, 5) is 28.2. The maximum Gasteiger partial charge on any atom is 0.226 e. The van der Waals surface area contributed by atoms with Gasteiger partial charge in [-0.15, -0.1) is 0 Å². The van der Waals surface area contributed by atoms with Gasteiger partial charge in [-0.3, -0.25) is 9.59 Å². The van der Waals surface area contributed by atoms with Crippen LogP contribution in [0.15, 0.2) is 28.8 Å². The maximum absolute atomic E-state index is 13.0. The average molecular weight is 402 g/mol. The lowest BCUT2D eigenvalue weighted by atomic mass is 9.89. The van der Waals surface area contributed by atoms with Gasteiger partial charge in [-0.2, -0.15) is 4.98 Å². The van der Waals surface area contributed by atoms with Crippen LogP contribution in [0.2, 0.25) is 0 Å². The molecule has 29 heavy (non-hydrogen) atoms. The van der Waals surface area contributed by atoms with Gasteiger partial charge >= 0.3 is 0 Å². The first-order chi connectivity index (χ1) is 14.1. The Hall–Kier alpha value is -2.77. The molecule has 1 aliphatic rings. The number of halogens is 1. The number of nitrogens with zero attached hydrogens (tertiary/aromatic N) is 2. The third-order valence-electron chi connectivity index (χ3n) is 5.09. The van der Waals surface area contributed by atoms with E-state index in [1.54, 1.807) is 12.1 Å². The molecular weight excluding hydrogens is 375 g/mol. The van der Waals surface area contributed by atoms with Gasteiger partial charge in [0.2, 0.25) is 23.5 Å². The lowest BCUT2D eigenvalue weighted by Gasteiger charge is -2.20. The van der Waals surface area contributed by atoms with E-state index in [2.05, 4.69) is 20.8 Å². The maximum atomic E-state index is 13.0. The van der Waals surface area contributed by atoms with Crippen molar-refractivity contribution in [1.29, 1.82) is 0 Å². The molecule has 0 saturated heterocycles. The number of aromatic nitrogens is 2. The number of rotatable bonds is 9. The van der Waals surface area contributed by atoms with Crippen LogP contribution in [0.1, 0.15) is 50.8 Å². The number of hydrogen-bond donors (Lipinski definition) is 2. The zero-order valence-corrected chi connectivity index (χ0v) is 16.5. The van der Waals surface area contributed by atoms with E-state index in [1.807, 2.05) is 0 Å². The molecule has 156 valence electrons. The Bertz CT molecular complexity index is 801. The van der Waals surface area contributed by atoms with Crippen molar-refractivity contribution in [3.63, 3.8) is 0 Å². The quantitative estimate of drug-likeness (QED) is 0.629. The molecule has 0 spiro atoms. The molecule has 0 bridgehead atoms. The number of benzene rings is 1.